The van der Waals surface area contributed by atoms with E-state index in [1.807, 2.05) is 42.7 Å². The van der Waals surface area contributed by atoms with Crippen molar-refractivity contribution in [1.29, 1.82) is 0 Å². The molecule has 1 aromatic heterocycles. The van der Waals surface area contributed by atoms with Crippen LogP contribution in [0.5, 0.6) is 5.75 Å². The first kappa shape index (κ1) is 15.8. The maximum absolute atomic E-state index is 11.6. The van der Waals surface area contributed by atoms with Crippen molar-refractivity contribution < 1.29 is 9.53 Å². The normalized spacial score (nSPS) is 10.7. The lowest BCUT2D eigenvalue weighted by Crippen LogP contribution is -2.05. The molecule has 0 aliphatic rings. The second-order valence-electron chi connectivity index (χ2n) is 4.87. The minimum atomic E-state index is -0.450. The van der Waals surface area contributed by atoms with E-state index >= 15 is 0 Å². The summed E-state index contributed by atoms with van der Waals surface area (Å²) in [5.41, 5.74) is 2.91. The van der Waals surface area contributed by atoms with Crippen LogP contribution in [0.1, 0.15) is 5.56 Å². The zero-order valence-electron chi connectivity index (χ0n) is 12.6. The Morgan fingerprint density at radius 3 is 2.91 bits per heavy atom. The molecular weight excluding hydrogens is 326 g/mol. The Hall–Kier alpha value is -2.11. The highest BCUT2D eigenvalue weighted by Crippen LogP contribution is 2.34. The number of thiazole rings is 1. The number of carbonyl (C=O) groups excluding carboxylic acids is 1. The van der Waals surface area contributed by atoms with Crippen LogP contribution in [0.25, 0.3) is 20.8 Å². The molecule has 0 radical (unpaired) electrons. The van der Waals surface area contributed by atoms with Gasteiger partial charge in [0.1, 0.15) is 10.8 Å². The van der Waals surface area contributed by atoms with E-state index in [1.54, 1.807) is 23.1 Å². The summed E-state index contributed by atoms with van der Waals surface area (Å²) < 4.78 is 6.53. The zero-order valence-corrected chi connectivity index (χ0v) is 14.2. The Labute approximate surface area is 143 Å². The van der Waals surface area contributed by atoms with Crippen LogP contribution in [0.3, 0.4) is 0 Å². The van der Waals surface area contributed by atoms with Crippen molar-refractivity contribution in [3.63, 3.8) is 0 Å². The average Bonchev–Trinajstić information content (AvgIpc) is 3.00. The van der Waals surface area contributed by atoms with E-state index in [2.05, 4.69) is 17.6 Å². The van der Waals surface area contributed by atoms with Crippen LogP contribution in [0.2, 0.25) is 0 Å². The summed E-state index contributed by atoms with van der Waals surface area (Å²) in [7, 11) is 0. The summed E-state index contributed by atoms with van der Waals surface area (Å²) in [6.45, 7) is 3.45. The largest absolute Gasteiger partial charge is 0.423 e. The number of hydrogen-bond donors (Lipinski definition) is 0. The van der Waals surface area contributed by atoms with Crippen LogP contribution in [0.4, 0.5) is 0 Å². The lowest BCUT2D eigenvalue weighted by Gasteiger charge is -2.09. The Bertz CT molecular complexity index is 837. The van der Waals surface area contributed by atoms with E-state index < -0.39 is 5.97 Å². The van der Waals surface area contributed by atoms with Crippen molar-refractivity contribution in [2.75, 3.05) is 6.26 Å². The third-order valence-electron chi connectivity index (χ3n) is 3.29. The number of fused-ring (bicyclic) bond motifs is 1. The molecule has 0 aliphatic heterocycles. The third kappa shape index (κ3) is 3.46. The van der Waals surface area contributed by atoms with Gasteiger partial charge in [-0.2, -0.15) is 11.8 Å². The summed E-state index contributed by atoms with van der Waals surface area (Å²) in [5.74, 6) is 0.898. The summed E-state index contributed by atoms with van der Waals surface area (Å²) in [6.07, 6.45) is 3.19. The SMILES string of the molecule is C=CC(=O)Oc1cc(-c2nc3ccccc3s2)ccc1CSC. The van der Waals surface area contributed by atoms with E-state index in [0.717, 1.165) is 32.1 Å². The van der Waals surface area contributed by atoms with Gasteiger partial charge in [0.2, 0.25) is 0 Å². The molecule has 0 aliphatic carbocycles. The van der Waals surface area contributed by atoms with Gasteiger partial charge < -0.3 is 4.74 Å². The summed E-state index contributed by atoms with van der Waals surface area (Å²) in [6, 6.07) is 13.9. The zero-order chi connectivity index (χ0) is 16.2. The Morgan fingerprint density at radius 2 is 2.17 bits per heavy atom. The standard InChI is InChI=1S/C18H15NO2S2/c1-3-17(20)21-15-10-12(8-9-13(15)11-22-2)18-19-14-6-4-5-7-16(14)23-18/h3-10H,1,11H2,2H3. The number of thioether (sulfide) groups is 1. The van der Waals surface area contributed by atoms with Gasteiger partial charge in [-0.15, -0.1) is 11.3 Å². The molecule has 0 saturated carbocycles. The molecule has 0 atom stereocenters. The molecule has 0 unspecified atom stereocenters. The molecule has 2 aromatic carbocycles. The summed E-state index contributed by atoms with van der Waals surface area (Å²) in [4.78, 5) is 16.2. The van der Waals surface area contributed by atoms with Crippen LogP contribution in [-0.4, -0.2) is 17.2 Å². The summed E-state index contributed by atoms with van der Waals surface area (Å²) >= 11 is 3.30. The van der Waals surface area contributed by atoms with E-state index in [0.29, 0.717) is 5.75 Å². The first-order valence-electron chi connectivity index (χ1n) is 7.03. The molecule has 116 valence electrons. The van der Waals surface area contributed by atoms with E-state index in [1.165, 1.54) is 6.08 Å². The van der Waals surface area contributed by atoms with Crippen molar-refractivity contribution in [3.05, 3.63) is 60.7 Å². The van der Waals surface area contributed by atoms with Crippen LogP contribution in [0, 0.1) is 0 Å². The fourth-order valence-corrected chi connectivity index (χ4v) is 3.71. The summed E-state index contributed by atoms with van der Waals surface area (Å²) in [5, 5.41) is 0.915. The molecule has 23 heavy (non-hydrogen) atoms. The highest BCUT2D eigenvalue weighted by molar-refractivity contribution is 7.97. The maximum Gasteiger partial charge on any atom is 0.335 e. The quantitative estimate of drug-likeness (QED) is 0.375. The number of carbonyl (C=O) groups is 1. The third-order valence-corrected chi connectivity index (χ3v) is 4.97. The van der Waals surface area contributed by atoms with Gasteiger partial charge in [0, 0.05) is 23.0 Å². The highest BCUT2D eigenvalue weighted by atomic mass is 32.2. The molecule has 5 heteroatoms. The lowest BCUT2D eigenvalue weighted by molar-refractivity contribution is -0.129. The number of rotatable bonds is 5. The second-order valence-corrected chi connectivity index (χ2v) is 6.76. The molecule has 3 rings (SSSR count). The second kappa shape index (κ2) is 6.98. The predicted molar refractivity (Wildman–Crippen MR) is 98.1 cm³/mol. The maximum atomic E-state index is 11.6. The number of para-hydroxylation sites is 1. The minimum absolute atomic E-state index is 0.450. The van der Waals surface area contributed by atoms with Gasteiger partial charge in [-0.3, -0.25) is 0 Å². The van der Waals surface area contributed by atoms with Gasteiger partial charge in [0.25, 0.3) is 0 Å². The fraction of sp³-hybridized carbons (Fsp3) is 0.111. The molecule has 0 N–H and O–H groups in total. The molecule has 0 bridgehead atoms. The minimum Gasteiger partial charge on any atom is -0.423 e. The van der Waals surface area contributed by atoms with Crippen LogP contribution in [0.15, 0.2) is 55.1 Å². The fourth-order valence-electron chi connectivity index (χ4n) is 2.20. The van der Waals surface area contributed by atoms with Gasteiger partial charge in [0.05, 0.1) is 10.2 Å². The van der Waals surface area contributed by atoms with E-state index in [-0.39, 0.29) is 0 Å². The van der Waals surface area contributed by atoms with Gasteiger partial charge in [-0.1, -0.05) is 30.8 Å². The Kier molecular flexibility index (Phi) is 4.79. The van der Waals surface area contributed by atoms with Crippen molar-refractivity contribution in [2.45, 2.75) is 5.75 Å². The van der Waals surface area contributed by atoms with Gasteiger partial charge in [0.15, 0.2) is 0 Å². The van der Waals surface area contributed by atoms with Crippen molar-refractivity contribution >= 4 is 39.3 Å². The van der Waals surface area contributed by atoms with Crippen molar-refractivity contribution in [3.8, 4) is 16.3 Å². The smallest absolute Gasteiger partial charge is 0.335 e. The molecule has 3 aromatic rings. The molecule has 0 saturated heterocycles. The molecular formula is C18H15NO2S2. The molecule has 0 amide bonds. The van der Waals surface area contributed by atoms with Crippen molar-refractivity contribution in [2.24, 2.45) is 0 Å². The average molecular weight is 341 g/mol. The van der Waals surface area contributed by atoms with Crippen LogP contribution in [-0.2, 0) is 10.5 Å². The first-order chi connectivity index (χ1) is 11.2. The molecule has 1 heterocycles. The predicted octanol–water partition coefficient (Wildman–Crippen LogP) is 4.92. The number of hydrogen-bond acceptors (Lipinski definition) is 5. The topological polar surface area (TPSA) is 39.2 Å². The van der Waals surface area contributed by atoms with Gasteiger partial charge in [-0.25, -0.2) is 9.78 Å². The number of ether oxygens (including phenoxy) is 1. The molecule has 0 spiro atoms. The molecule has 0 fully saturated rings. The van der Waals surface area contributed by atoms with Crippen LogP contribution < -0.4 is 4.74 Å². The first-order valence-corrected chi connectivity index (χ1v) is 9.24. The van der Waals surface area contributed by atoms with Crippen molar-refractivity contribution in [1.82, 2.24) is 4.98 Å². The number of nitrogens with zero attached hydrogens (tertiary/aromatic N) is 1. The van der Waals surface area contributed by atoms with Gasteiger partial charge >= 0.3 is 5.97 Å². The highest BCUT2D eigenvalue weighted by Gasteiger charge is 2.12. The monoisotopic (exact) mass is 341 g/mol. The lowest BCUT2D eigenvalue weighted by atomic mass is 10.1. The Morgan fingerprint density at radius 1 is 1.35 bits per heavy atom. The van der Waals surface area contributed by atoms with Gasteiger partial charge in [-0.05, 0) is 24.5 Å². The van der Waals surface area contributed by atoms with E-state index in [9.17, 15) is 4.79 Å². The number of aromatic nitrogens is 1. The van der Waals surface area contributed by atoms with Crippen LogP contribution >= 0.6 is 23.1 Å². The van der Waals surface area contributed by atoms with E-state index in [4.69, 9.17) is 4.74 Å². The number of esters is 1. The number of benzene rings is 2. The molecule has 3 nitrogen and oxygen atoms in total. The Balaban J connectivity index is 2.03.